The van der Waals surface area contributed by atoms with E-state index in [0.717, 1.165) is 16.7 Å². The number of sulfone groups is 1. The van der Waals surface area contributed by atoms with Gasteiger partial charge < -0.3 is 4.98 Å². The number of aromatic nitrogens is 2. The lowest BCUT2D eigenvalue weighted by Crippen LogP contribution is -1.98. The number of benzene rings is 2. The molecule has 0 aliphatic carbocycles. The van der Waals surface area contributed by atoms with Gasteiger partial charge in [0.2, 0.25) is 0 Å². The van der Waals surface area contributed by atoms with Gasteiger partial charge in [-0.15, -0.1) is 0 Å². The lowest BCUT2D eigenvalue weighted by atomic mass is 9.99. The zero-order valence-corrected chi connectivity index (χ0v) is 12.3. The van der Waals surface area contributed by atoms with Gasteiger partial charge in [-0.1, -0.05) is 36.4 Å². The normalized spacial score (nSPS) is 11.5. The summed E-state index contributed by atoms with van der Waals surface area (Å²) in [5.41, 5.74) is 2.73. The van der Waals surface area contributed by atoms with E-state index in [1.807, 2.05) is 36.4 Å². The van der Waals surface area contributed by atoms with Crippen LogP contribution < -0.4 is 0 Å². The number of nitrogens with zero attached hydrogens (tertiary/aromatic N) is 1. The first-order valence-electron chi connectivity index (χ1n) is 6.45. The first-order valence-corrected chi connectivity index (χ1v) is 8.34. The maximum Gasteiger partial charge on any atom is 0.175 e. The average molecular weight is 298 g/mol. The molecule has 0 atom stereocenters. The van der Waals surface area contributed by atoms with E-state index in [4.69, 9.17) is 0 Å². The van der Waals surface area contributed by atoms with Gasteiger partial charge in [0.1, 0.15) is 5.82 Å². The van der Waals surface area contributed by atoms with E-state index in [9.17, 15) is 8.42 Å². The molecule has 1 aromatic heterocycles. The van der Waals surface area contributed by atoms with Gasteiger partial charge in [0, 0.05) is 24.2 Å². The Morgan fingerprint density at radius 1 is 1.00 bits per heavy atom. The molecule has 0 aliphatic rings. The van der Waals surface area contributed by atoms with Crippen LogP contribution in [-0.2, 0) is 9.84 Å². The Kier molecular flexibility index (Phi) is 3.35. The van der Waals surface area contributed by atoms with Gasteiger partial charge >= 0.3 is 0 Å². The molecule has 2 aromatic carbocycles. The van der Waals surface area contributed by atoms with Gasteiger partial charge in [-0.05, 0) is 23.3 Å². The smallest absolute Gasteiger partial charge is 0.175 e. The molecule has 0 saturated carbocycles. The van der Waals surface area contributed by atoms with E-state index in [1.165, 1.54) is 6.26 Å². The van der Waals surface area contributed by atoms with Gasteiger partial charge in [0.15, 0.2) is 9.84 Å². The van der Waals surface area contributed by atoms with E-state index in [1.54, 1.807) is 24.5 Å². The van der Waals surface area contributed by atoms with Crippen LogP contribution in [0.15, 0.2) is 65.8 Å². The lowest BCUT2D eigenvalue weighted by molar-refractivity contribution is 0.602. The molecule has 0 saturated heterocycles. The van der Waals surface area contributed by atoms with Crippen molar-refractivity contribution in [2.75, 3.05) is 6.26 Å². The number of H-pyrrole nitrogens is 1. The summed E-state index contributed by atoms with van der Waals surface area (Å²) in [4.78, 5) is 7.57. The van der Waals surface area contributed by atoms with E-state index < -0.39 is 9.84 Å². The summed E-state index contributed by atoms with van der Waals surface area (Å²) in [5, 5.41) is 0. The summed E-state index contributed by atoms with van der Waals surface area (Å²) in [6.07, 6.45) is 4.57. The third-order valence-electron chi connectivity index (χ3n) is 3.26. The standard InChI is InChI=1S/C16H14N2O2S/c1-21(19,20)13-7-8-14(12-5-3-2-4-6-12)15(11-13)16-17-9-10-18-16/h2-11H,1H3,(H,17,18). The Morgan fingerprint density at radius 3 is 2.38 bits per heavy atom. The number of nitrogens with one attached hydrogen (secondary N) is 1. The fraction of sp³-hybridized carbons (Fsp3) is 0.0625. The lowest BCUT2D eigenvalue weighted by Gasteiger charge is -2.10. The maximum atomic E-state index is 11.8. The minimum absolute atomic E-state index is 0.286. The maximum absolute atomic E-state index is 11.8. The van der Waals surface area contributed by atoms with Crippen LogP contribution in [0.4, 0.5) is 0 Å². The molecule has 1 N–H and O–H groups in total. The first-order chi connectivity index (χ1) is 10.1. The van der Waals surface area contributed by atoms with E-state index in [-0.39, 0.29) is 4.90 Å². The van der Waals surface area contributed by atoms with Crippen molar-refractivity contribution in [1.29, 1.82) is 0 Å². The molecule has 0 spiro atoms. The second kappa shape index (κ2) is 5.18. The molecule has 3 aromatic rings. The van der Waals surface area contributed by atoms with E-state index in [2.05, 4.69) is 9.97 Å². The number of imidazole rings is 1. The van der Waals surface area contributed by atoms with Gasteiger partial charge in [0.05, 0.1) is 4.90 Å². The van der Waals surface area contributed by atoms with Crippen molar-refractivity contribution in [2.24, 2.45) is 0 Å². The fourth-order valence-electron chi connectivity index (χ4n) is 2.23. The quantitative estimate of drug-likeness (QED) is 0.808. The highest BCUT2D eigenvalue weighted by Gasteiger charge is 2.14. The van der Waals surface area contributed by atoms with Crippen molar-refractivity contribution in [3.8, 4) is 22.5 Å². The molecule has 106 valence electrons. The summed E-state index contributed by atoms with van der Waals surface area (Å²) < 4.78 is 23.5. The molecule has 0 amide bonds. The predicted octanol–water partition coefficient (Wildman–Crippen LogP) is 3.15. The van der Waals surface area contributed by atoms with Gasteiger partial charge in [-0.2, -0.15) is 0 Å². The molecule has 1 heterocycles. The third-order valence-corrected chi connectivity index (χ3v) is 4.37. The molecule has 4 nitrogen and oxygen atoms in total. The second-order valence-electron chi connectivity index (χ2n) is 4.78. The Bertz CT molecular complexity index is 855. The summed E-state index contributed by atoms with van der Waals surface area (Å²) in [6.45, 7) is 0. The number of hydrogen-bond donors (Lipinski definition) is 1. The van der Waals surface area contributed by atoms with Crippen LogP contribution in [0.1, 0.15) is 0 Å². The van der Waals surface area contributed by atoms with Crippen LogP contribution in [0.5, 0.6) is 0 Å². The van der Waals surface area contributed by atoms with Gasteiger partial charge in [-0.25, -0.2) is 13.4 Å². The highest BCUT2D eigenvalue weighted by atomic mass is 32.2. The molecule has 0 unspecified atom stereocenters. The summed E-state index contributed by atoms with van der Waals surface area (Å²) >= 11 is 0. The fourth-order valence-corrected chi connectivity index (χ4v) is 2.88. The molecule has 5 heteroatoms. The van der Waals surface area contributed by atoms with Crippen molar-refractivity contribution in [3.63, 3.8) is 0 Å². The zero-order chi connectivity index (χ0) is 14.9. The van der Waals surface area contributed by atoms with Crippen LogP contribution in [0.25, 0.3) is 22.5 Å². The van der Waals surface area contributed by atoms with Crippen molar-refractivity contribution < 1.29 is 8.42 Å². The summed E-state index contributed by atoms with van der Waals surface area (Å²) in [7, 11) is -3.26. The summed E-state index contributed by atoms with van der Waals surface area (Å²) in [6, 6.07) is 14.9. The molecule has 0 bridgehead atoms. The van der Waals surface area contributed by atoms with Crippen LogP contribution in [0.3, 0.4) is 0 Å². The average Bonchev–Trinajstić information content (AvgIpc) is 3.01. The molecule has 21 heavy (non-hydrogen) atoms. The number of hydrogen-bond acceptors (Lipinski definition) is 3. The number of aromatic amines is 1. The minimum Gasteiger partial charge on any atom is -0.345 e. The topological polar surface area (TPSA) is 62.8 Å². The molecular weight excluding hydrogens is 284 g/mol. The Morgan fingerprint density at radius 2 is 1.76 bits per heavy atom. The Hall–Kier alpha value is -2.40. The monoisotopic (exact) mass is 298 g/mol. The summed E-state index contributed by atoms with van der Waals surface area (Å²) in [5.74, 6) is 0.652. The molecular formula is C16H14N2O2S. The second-order valence-corrected chi connectivity index (χ2v) is 6.80. The van der Waals surface area contributed by atoms with Crippen molar-refractivity contribution in [1.82, 2.24) is 9.97 Å². The predicted molar refractivity (Wildman–Crippen MR) is 82.6 cm³/mol. The Labute approximate surface area is 123 Å². The van der Waals surface area contributed by atoms with E-state index >= 15 is 0 Å². The number of rotatable bonds is 3. The van der Waals surface area contributed by atoms with Crippen LogP contribution in [0.2, 0.25) is 0 Å². The molecule has 0 aliphatic heterocycles. The van der Waals surface area contributed by atoms with Crippen LogP contribution in [0, 0.1) is 0 Å². The van der Waals surface area contributed by atoms with Gasteiger partial charge in [-0.3, -0.25) is 0 Å². The molecule has 3 rings (SSSR count). The van der Waals surface area contributed by atoms with E-state index in [0.29, 0.717) is 5.82 Å². The SMILES string of the molecule is CS(=O)(=O)c1ccc(-c2ccccc2)c(-c2ncc[nH]2)c1. The molecule has 0 fully saturated rings. The third kappa shape index (κ3) is 2.73. The van der Waals surface area contributed by atoms with Crippen LogP contribution >= 0.6 is 0 Å². The van der Waals surface area contributed by atoms with Gasteiger partial charge in [0.25, 0.3) is 0 Å². The highest BCUT2D eigenvalue weighted by Crippen LogP contribution is 2.32. The van der Waals surface area contributed by atoms with Crippen molar-refractivity contribution >= 4 is 9.84 Å². The first kappa shape index (κ1) is 13.6. The van der Waals surface area contributed by atoms with Crippen LogP contribution in [-0.4, -0.2) is 24.6 Å². The van der Waals surface area contributed by atoms with Crippen molar-refractivity contribution in [2.45, 2.75) is 4.90 Å². The zero-order valence-electron chi connectivity index (χ0n) is 11.4. The van der Waals surface area contributed by atoms with Crippen molar-refractivity contribution in [3.05, 3.63) is 60.9 Å². The highest BCUT2D eigenvalue weighted by molar-refractivity contribution is 7.90. The molecule has 0 radical (unpaired) electrons. The Balaban J connectivity index is 2.26. The minimum atomic E-state index is -3.26. The largest absolute Gasteiger partial charge is 0.345 e.